The van der Waals surface area contributed by atoms with E-state index in [0.717, 1.165) is 28.5 Å². The molecule has 1 aliphatic rings. The van der Waals surface area contributed by atoms with Gasteiger partial charge in [-0.3, -0.25) is 9.78 Å². The highest BCUT2D eigenvalue weighted by atomic mass is 35.5. The van der Waals surface area contributed by atoms with E-state index in [0.29, 0.717) is 24.8 Å². The van der Waals surface area contributed by atoms with Crippen molar-refractivity contribution in [2.75, 3.05) is 5.32 Å². The number of hydrogen-bond acceptors (Lipinski definition) is 8. The predicted molar refractivity (Wildman–Crippen MR) is 116 cm³/mol. The number of nitrogens with zero attached hydrogens (tertiary/aromatic N) is 3. The highest BCUT2D eigenvalue weighted by Gasteiger charge is 2.23. The molecule has 1 amide bonds. The topological polar surface area (TPSA) is 113 Å². The van der Waals surface area contributed by atoms with Crippen LogP contribution in [0.25, 0.3) is 6.08 Å². The number of amides is 1. The number of sulfone groups is 1. The third kappa shape index (κ3) is 3.95. The molecule has 0 atom stereocenters. The number of thiazole rings is 1. The molecule has 0 bridgehead atoms. The first-order chi connectivity index (χ1) is 14.3. The number of benzene rings is 1. The lowest BCUT2D eigenvalue weighted by Crippen LogP contribution is -2.12. The summed E-state index contributed by atoms with van der Waals surface area (Å²) in [6.45, 7) is 0. The minimum atomic E-state index is -3.51. The zero-order valence-corrected chi connectivity index (χ0v) is 18.5. The largest absolute Gasteiger partial charge is 0.321 e. The maximum absolute atomic E-state index is 12.7. The summed E-state index contributed by atoms with van der Waals surface area (Å²) < 4.78 is 24.4. The average Bonchev–Trinajstić information content (AvgIpc) is 3.25. The summed E-state index contributed by atoms with van der Waals surface area (Å²) >= 11 is 14.3. The highest BCUT2D eigenvalue weighted by Crippen LogP contribution is 2.40. The first kappa shape index (κ1) is 20.8. The molecule has 1 aliphatic heterocycles. The molecule has 0 fully saturated rings. The number of nitriles is 1. The van der Waals surface area contributed by atoms with Crippen LogP contribution in [-0.4, -0.2) is 24.3 Å². The van der Waals surface area contributed by atoms with Gasteiger partial charge in [0.1, 0.15) is 10.9 Å². The van der Waals surface area contributed by atoms with Crippen LogP contribution in [0, 0.1) is 11.3 Å². The van der Waals surface area contributed by atoms with Gasteiger partial charge in [-0.05, 0) is 23.8 Å². The minimum absolute atomic E-state index is 0.0586. The van der Waals surface area contributed by atoms with Gasteiger partial charge in [0.05, 0.1) is 19.8 Å². The van der Waals surface area contributed by atoms with Crippen LogP contribution >= 0.6 is 46.3 Å². The Bertz CT molecular complexity index is 1360. The molecule has 7 nitrogen and oxygen atoms in total. The number of nitrogens with one attached hydrogen (secondary N) is 1. The van der Waals surface area contributed by atoms with Crippen molar-refractivity contribution in [3.63, 3.8) is 0 Å². The molecular formula is C18H8Cl2N4O3S3. The zero-order valence-electron chi connectivity index (χ0n) is 14.6. The summed E-state index contributed by atoms with van der Waals surface area (Å²) in [5, 5.41) is 13.7. The number of fused-ring (bicyclic) bond motifs is 1. The van der Waals surface area contributed by atoms with E-state index in [1.807, 2.05) is 6.07 Å². The van der Waals surface area contributed by atoms with Gasteiger partial charge in [-0.25, -0.2) is 13.4 Å². The minimum Gasteiger partial charge on any atom is -0.321 e. The maximum atomic E-state index is 12.7. The molecule has 3 aromatic rings. The molecule has 3 heterocycles. The molecule has 4 rings (SSSR count). The van der Waals surface area contributed by atoms with Crippen molar-refractivity contribution in [3.05, 3.63) is 62.2 Å². The SMILES string of the molecule is N#Cc1nc(Sc2c(Cl)cncc2Cl)sc1C(=O)Nc1ccc2c(c1)S(=O)(=O)C=C2. The Morgan fingerprint density at radius 2 is 1.97 bits per heavy atom. The molecular weight excluding hydrogens is 487 g/mol. The van der Waals surface area contributed by atoms with E-state index in [-0.39, 0.29) is 21.2 Å². The summed E-state index contributed by atoms with van der Waals surface area (Å²) in [5.41, 5.74) is 0.780. The molecule has 0 aliphatic carbocycles. The standard InChI is InChI=1S/C18H8Cl2N4O3S3/c19-11-7-22-8-12(20)15(11)28-18-24-13(6-21)16(29-18)17(25)23-10-2-1-9-3-4-30(26,27)14(9)5-10/h1-5,7-8H,(H,23,25). The number of carbonyl (C=O) groups is 1. The quantitative estimate of drug-likeness (QED) is 0.549. The Labute approximate surface area is 189 Å². The second-order valence-corrected chi connectivity index (χ2v) is 10.7. The van der Waals surface area contributed by atoms with E-state index < -0.39 is 15.7 Å². The number of rotatable bonds is 4. The van der Waals surface area contributed by atoms with Crippen LogP contribution in [0.15, 0.2) is 50.1 Å². The van der Waals surface area contributed by atoms with E-state index in [9.17, 15) is 18.5 Å². The number of pyridine rings is 1. The number of aromatic nitrogens is 2. The molecule has 150 valence electrons. The third-order valence-corrected chi connectivity index (χ3v) is 8.44. The average molecular weight is 495 g/mol. The van der Waals surface area contributed by atoms with Crippen LogP contribution in [0.4, 0.5) is 5.69 Å². The second kappa shape index (κ2) is 8.02. The molecule has 0 spiro atoms. The molecule has 0 unspecified atom stereocenters. The fourth-order valence-electron chi connectivity index (χ4n) is 2.58. The van der Waals surface area contributed by atoms with Gasteiger partial charge >= 0.3 is 0 Å². The van der Waals surface area contributed by atoms with Gasteiger partial charge in [0.2, 0.25) is 9.84 Å². The lowest BCUT2D eigenvalue weighted by atomic mass is 10.2. The fourth-order valence-corrected chi connectivity index (χ4v) is 6.32. The predicted octanol–water partition coefficient (Wildman–Crippen LogP) is 4.88. The number of anilines is 1. The van der Waals surface area contributed by atoms with Crippen LogP contribution in [0.5, 0.6) is 0 Å². The number of halogens is 2. The van der Waals surface area contributed by atoms with Crippen molar-refractivity contribution < 1.29 is 13.2 Å². The van der Waals surface area contributed by atoms with Gasteiger partial charge in [-0.2, -0.15) is 5.26 Å². The summed E-state index contributed by atoms with van der Waals surface area (Å²) in [6, 6.07) is 6.45. The molecule has 1 N–H and O–H groups in total. The summed E-state index contributed by atoms with van der Waals surface area (Å²) in [6.07, 6.45) is 4.35. The fraction of sp³-hybridized carbons (Fsp3) is 0. The Morgan fingerprint density at radius 3 is 2.67 bits per heavy atom. The molecule has 0 saturated heterocycles. The Morgan fingerprint density at radius 1 is 1.23 bits per heavy atom. The van der Waals surface area contributed by atoms with Gasteiger partial charge in [0.15, 0.2) is 10.0 Å². The van der Waals surface area contributed by atoms with E-state index in [4.69, 9.17) is 23.2 Å². The highest BCUT2D eigenvalue weighted by molar-refractivity contribution is 8.01. The van der Waals surface area contributed by atoms with Crippen LogP contribution in [0.3, 0.4) is 0 Å². The second-order valence-electron chi connectivity index (χ2n) is 5.86. The lowest BCUT2D eigenvalue weighted by molar-refractivity contribution is 0.103. The Kier molecular flexibility index (Phi) is 5.57. The molecule has 0 saturated carbocycles. The smallest absolute Gasteiger partial charge is 0.268 e. The van der Waals surface area contributed by atoms with E-state index in [1.165, 1.54) is 24.5 Å². The van der Waals surface area contributed by atoms with Crippen molar-refractivity contribution in [2.45, 2.75) is 14.1 Å². The summed E-state index contributed by atoms with van der Waals surface area (Å²) in [5.74, 6) is -0.578. The van der Waals surface area contributed by atoms with Gasteiger partial charge in [-0.1, -0.05) is 41.0 Å². The van der Waals surface area contributed by atoms with E-state index >= 15 is 0 Å². The summed E-state index contributed by atoms with van der Waals surface area (Å²) in [4.78, 5) is 21.5. The van der Waals surface area contributed by atoms with Gasteiger partial charge in [0, 0.05) is 23.5 Å². The normalized spacial score (nSPS) is 13.6. The van der Waals surface area contributed by atoms with Crippen LogP contribution in [-0.2, 0) is 9.84 Å². The van der Waals surface area contributed by atoms with Crippen LogP contribution in [0.2, 0.25) is 10.0 Å². The molecule has 30 heavy (non-hydrogen) atoms. The van der Waals surface area contributed by atoms with Gasteiger partial charge in [0.25, 0.3) is 5.91 Å². The van der Waals surface area contributed by atoms with Gasteiger partial charge < -0.3 is 5.32 Å². The first-order valence-corrected chi connectivity index (χ1v) is 12.0. The van der Waals surface area contributed by atoms with Crippen LogP contribution < -0.4 is 5.32 Å². The number of hydrogen-bond donors (Lipinski definition) is 1. The zero-order chi connectivity index (χ0) is 21.5. The Hall–Kier alpha value is -2.42. The van der Waals surface area contributed by atoms with Crippen molar-refractivity contribution >= 4 is 73.8 Å². The number of carbonyl (C=O) groups excluding carboxylic acids is 1. The monoisotopic (exact) mass is 494 g/mol. The van der Waals surface area contributed by atoms with Crippen molar-refractivity contribution in [2.24, 2.45) is 0 Å². The van der Waals surface area contributed by atoms with E-state index in [2.05, 4.69) is 15.3 Å². The lowest BCUT2D eigenvalue weighted by Gasteiger charge is -2.06. The first-order valence-electron chi connectivity index (χ1n) is 8.05. The van der Waals surface area contributed by atoms with Crippen LogP contribution in [0.1, 0.15) is 20.9 Å². The molecule has 1 aromatic carbocycles. The van der Waals surface area contributed by atoms with E-state index in [1.54, 1.807) is 12.1 Å². The van der Waals surface area contributed by atoms with Crippen molar-refractivity contribution in [1.82, 2.24) is 9.97 Å². The third-order valence-electron chi connectivity index (χ3n) is 3.92. The molecule has 0 radical (unpaired) electrons. The molecule has 12 heteroatoms. The summed E-state index contributed by atoms with van der Waals surface area (Å²) in [7, 11) is -3.51. The molecule has 2 aromatic heterocycles. The van der Waals surface area contributed by atoms with Gasteiger partial charge in [-0.15, -0.1) is 11.3 Å². The van der Waals surface area contributed by atoms with Crippen molar-refractivity contribution in [1.29, 1.82) is 5.26 Å². The Balaban J connectivity index is 1.61. The maximum Gasteiger partial charge on any atom is 0.268 e. The van der Waals surface area contributed by atoms with Crippen molar-refractivity contribution in [3.8, 4) is 6.07 Å².